The van der Waals surface area contributed by atoms with Crippen LogP contribution in [0.5, 0.6) is 11.5 Å². The zero-order valence-electron chi connectivity index (χ0n) is 13.9. The molecule has 0 aliphatic carbocycles. The number of rotatable bonds is 3. The third kappa shape index (κ3) is 3.38. The van der Waals surface area contributed by atoms with Gasteiger partial charge in [0, 0.05) is 11.5 Å². The van der Waals surface area contributed by atoms with Crippen molar-refractivity contribution in [3.8, 4) is 11.5 Å². The number of alkyl halides is 2. The number of ether oxygens (including phenoxy) is 2. The summed E-state index contributed by atoms with van der Waals surface area (Å²) in [5.74, 6) is -3.17. The molecule has 0 saturated carbocycles. The van der Waals surface area contributed by atoms with Gasteiger partial charge in [0.05, 0.1) is 6.20 Å². The van der Waals surface area contributed by atoms with Gasteiger partial charge in [0.15, 0.2) is 17.3 Å². The Labute approximate surface area is 149 Å². The molecule has 0 saturated heterocycles. The van der Waals surface area contributed by atoms with E-state index in [9.17, 15) is 18.4 Å². The van der Waals surface area contributed by atoms with E-state index in [4.69, 9.17) is 9.52 Å². The molecule has 0 spiro atoms. The predicted molar refractivity (Wildman–Crippen MR) is 85.2 cm³/mol. The Kier molecular flexibility index (Phi) is 4.44. The average molecular weight is 382 g/mol. The van der Waals surface area contributed by atoms with Crippen molar-refractivity contribution in [1.82, 2.24) is 5.16 Å². The van der Waals surface area contributed by atoms with Crippen LogP contribution < -0.4 is 14.8 Å². The van der Waals surface area contributed by atoms with Crippen molar-refractivity contribution in [2.45, 2.75) is 20.1 Å². The fourth-order valence-corrected chi connectivity index (χ4v) is 2.24. The van der Waals surface area contributed by atoms with Crippen LogP contribution >= 0.6 is 0 Å². The second kappa shape index (κ2) is 6.59. The maximum atomic E-state index is 13.0. The summed E-state index contributed by atoms with van der Waals surface area (Å²) in [6, 6.07) is 3.64. The van der Waals surface area contributed by atoms with Gasteiger partial charge < -0.3 is 23.5 Å². The summed E-state index contributed by atoms with van der Waals surface area (Å²) in [5, 5.41) is 14.7. The quantitative estimate of drug-likeness (QED) is 0.702. The SMILES string of the molecule is CC.O=C(Nc1oncc1C(=O)O)c1cc2cc3c(cc2o1)OC(F)(F)O3. The standard InChI is InChI=1S/C14H6F2N2O7.C2H6/c15-14(16)23-8-1-5-2-10(22-7(5)3-9(8)24-14)11(19)18-12-6(13(20)21)4-17-25-12;1-2/h1-4H,(H,18,19)(H,20,21);1-2H3. The largest absolute Gasteiger partial charge is 0.586 e. The number of carboxylic acids is 1. The van der Waals surface area contributed by atoms with Gasteiger partial charge in [0.25, 0.3) is 5.91 Å². The Morgan fingerprint density at radius 2 is 1.81 bits per heavy atom. The molecule has 1 aliphatic heterocycles. The van der Waals surface area contributed by atoms with E-state index in [1.807, 2.05) is 13.8 Å². The van der Waals surface area contributed by atoms with E-state index in [1.165, 1.54) is 12.1 Å². The number of benzene rings is 1. The summed E-state index contributed by atoms with van der Waals surface area (Å²) in [6.45, 7) is 4.00. The number of furan rings is 1. The van der Waals surface area contributed by atoms with E-state index in [0.717, 1.165) is 12.3 Å². The Hall–Kier alpha value is -3.63. The number of halogens is 2. The molecule has 2 N–H and O–H groups in total. The zero-order chi connectivity index (χ0) is 19.8. The predicted octanol–water partition coefficient (Wildman–Crippen LogP) is 3.72. The van der Waals surface area contributed by atoms with Crippen molar-refractivity contribution in [3.05, 3.63) is 35.7 Å². The molecular weight excluding hydrogens is 370 g/mol. The molecule has 3 heterocycles. The van der Waals surface area contributed by atoms with Gasteiger partial charge in [0.2, 0.25) is 5.88 Å². The van der Waals surface area contributed by atoms with Gasteiger partial charge in [0.1, 0.15) is 11.1 Å². The molecule has 3 aromatic rings. The van der Waals surface area contributed by atoms with Crippen molar-refractivity contribution in [2.24, 2.45) is 0 Å². The molecular formula is C16H12F2N2O7. The highest BCUT2D eigenvalue weighted by Gasteiger charge is 2.43. The van der Waals surface area contributed by atoms with Crippen LogP contribution in [-0.4, -0.2) is 28.4 Å². The van der Waals surface area contributed by atoms with Crippen LogP contribution in [0.1, 0.15) is 34.8 Å². The first-order valence-corrected chi connectivity index (χ1v) is 7.65. The molecule has 1 aromatic carbocycles. The van der Waals surface area contributed by atoms with Crippen molar-refractivity contribution < 1.29 is 41.9 Å². The fourth-order valence-electron chi connectivity index (χ4n) is 2.24. The van der Waals surface area contributed by atoms with Gasteiger partial charge in [-0.1, -0.05) is 19.0 Å². The molecule has 1 aliphatic rings. The number of nitrogens with one attached hydrogen (secondary N) is 1. The molecule has 2 aromatic heterocycles. The van der Waals surface area contributed by atoms with E-state index in [1.54, 1.807) is 0 Å². The summed E-state index contributed by atoms with van der Waals surface area (Å²) >= 11 is 0. The normalized spacial score (nSPS) is 13.8. The number of nitrogens with zero attached hydrogens (tertiary/aromatic N) is 1. The summed E-state index contributed by atoms with van der Waals surface area (Å²) in [7, 11) is 0. The van der Waals surface area contributed by atoms with Gasteiger partial charge in [-0.25, -0.2) is 4.79 Å². The van der Waals surface area contributed by atoms with Crippen molar-refractivity contribution in [1.29, 1.82) is 0 Å². The van der Waals surface area contributed by atoms with Crippen LogP contribution in [0.3, 0.4) is 0 Å². The van der Waals surface area contributed by atoms with Crippen LogP contribution in [-0.2, 0) is 0 Å². The minimum atomic E-state index is -3.76. The van der Waals surface area contributed by atoms with E-state index in [-0.39, 0.29) is 34.3 Å². The molecule has 9 nitrogen and oxygen atoms in total. The number of aromatic nitrogens is 1. The molecule has 1 amide bonds. The molecule has 0 bridgehead atoms. The number of hydrogen-bond acceptors (Lipinski definition) is 7. The minimum Gasteiger partial charge on any atom is -0.477 e. The first-order valence-electron chi connectivity index (χ1n) is 7.65. The molecule has 0 unspecified atom stereocenters. The lowest BCUT2D eigenvalue weighted by Gasteiger charge is -2.04. The second-order valence-corrected chi connectivity index (χ2v) is 4.94. The Morgan fingerprint density at radius 3 is 2.48 bits per heavy atom. The average Bonchev–Trinajstić information content (AvgIpc) is 3.29. The fraction of sp³-hybridized carbons (Fsp3) is 0.188. The monoisotopic (exact) mass is 382 g/mol. The lowest BCUT2D eigenvalue weighted by molar-refractivity contribution is -0.286. The number of carboxylic acid groups (broad SMARTS) is 1. The second-order valence-electron chi connectivity index (χ2n) is 4.94. The number of anilines is 1. The van der Waals surface area contributed by atoms with E-state index >= 15 is 0 Å². The smallest absolute Gasteiger partial charge is 0.477 e. The van der Waals surface area contributed by atoms with Crippen LogP contribution in [0.2, 0.25) is 0 Å². The van der Waals surface area contributed by atoms with Gasteiger partial charge in [-0.3, -0.25) is 10.1 Å². The Morgan fingerprint density at radius 1 is 1.15 bits per heavy atom. The lowest BCUT2D eigenvalue weighted by Crippen LogP contribution is -2.25. The summed E-state index contributed by atoms with van der Waals surface area (Å²) in [4.78, 5) is 23.1. The van der Waals surface area contributed by atoms with Crippen molar-refractivity contribution >= 4 is 28.7 Å². The molecule has 0 atom stereocenters. The first-order chi connectivity index (χ1) is 12.8. The van der Waals surface area contributed by atoms with Gasteiger partial charge in [-0.05, 0) is 12.1 Å². The maximum Gasteiger partial charge on any atom is 0.586 e. The van der Waals surface area contributed by atoms with E-state index in [2.05, 4.69) is 24.5 Å². The van der Waals surface area contributed by atoms with Gasteiger partial charge >= 0.3 is 12.3 Å². The molecule has 27 heavy (non-hydrogen) atoms. The summed E-state index contributed by atoms with van der Waals surface area (Å²) in [6.07, 6.45) is -2.84. The van der Waals surface area contributed by atoms with Crippen molar-refractivity contribution in [3.63, 3.8) is 0 Å². The summed E-state index contributed by atoms with van der Waals surface area (Å²) < 4.78 is 44.6. The van der Waals surface area contributed by atoms with Gasteiger partial charge in [-0.15, -0.1) is 8.78 Å². The molecule has 0 radical (unpaired) electrons. The van der Waals surface area contributed by atoms with E-state index < -0.39 is 18.2 Å². The maximum absolute atomic E-state index is 13.0. The van der Waals surface area contributed by atoms with Crippen LogP contribution in [0.15, 0.2) is 33.3 Å². The van der Waals surface area contributed by atoms with Gasteiger partial charge in [-0.2, -0.15) is 0 Å². The minimum absolute atomic E-state index is 0.0984. The number of amides is 1. The molecule has 11 heteroatoms. The van der Waals surface area contributed by atoms with Crippen LogP contribution in [0.4, 0.5) is 14.7 Å². The number of aromatic carboxylic acids is 1. The van der Waals surface area contributed by atoms with Crippen LogP contribution in [0, 0.1) is 0 Å². The third-order valence-electron chi connectivity index (χ3n) is 3.29. The number of carbonyl (C=O) groups is 2. The highest BCUT2D eigenvalue weighted by Crippen LogP contribution is 2.43. The molecule has 0 fully saturated rings. The molecule has 142 valence electrons. The third-order valence-corrected chi connectivity index (χ3v) is 3.29. The van der Waals surface area contributed by atoms with Crippen molar-refractivity contribution in [2.75, 3.05) is 5.32 Å². The topological polar surface area (TPSA) is 124 Å². The Balaban J connectivity index is 0.00000102. The first kappa shape index (κ1) is 18.2. The van der Waals surface area contributed by atoms with E-state index in [0.29, 0.717) is 5.39 Å². The number of fused-ring (bicyclic) bond motifs is 2. The summed E-state index contributed by atoms with van der Waals surface area (Å²) in [5.41, 5.74) is -0.242. The molecule has 4 rings (SSSR count). The number of hydrogen-bond donors (Lipinski definition) is 2. The highest BCUT2D eigenvalue weighted by atomic mass is 19.3. The van der Waals surface area contributed by atoms with Crippen LogP contribution in [0.25, 0.3) is 11.0 Å². The highest BCUT2D eigenvalue weighted by molar-refractivity contribution is 6.06. The lowest BCUT2D eigenvalue weighted by atomic mass is 10.2. The zero-order valence-corrected chi connectivity index (χ0v) is 13.9. The number of carbonyl (C=O) groups excluding carboxylic acids is 1. The Bertz CT molecular complexity index is 980.